The summed E-state index contributed by atoms with van der Waals surface area (Å²) in [6.45, 7) is 2.89. The molecule has 2 fully saturated rings. The molecule has 2 atom stereocenters. The van der Waals surface area contributed by atoms with E-state index in [1.807, 2.05) is 36.1 Å². The van der Waals surface area contributed by atoms with Crippen LogP contribution in [0.1, 0.15) is 38.8 Å². The van der Waals surface area contributed by atoms with Gasteiger partial charge in [0.15, 0.2) is 23.2 Å². The molecule has 2 saturated heterocycles. The zero-order valence-electron chi connectivity index (χ0n) is 24.0. The fourth-order valence-electron chi connectivity index (χ4n) is 5.17. The number of nitrogens with zero attached hydrogens (tertiary/aromatic N) is 5. The Morgan fingerprint density at radius 3 is 2.70 bits per heavy atom. The Labute approximate surface area is 254 Å². The third-order valence-electron chi connectivity index (χ3n) is 7.52. The van der Waals surface area contributed by atoms with Crippen molar-refractivity contribution in [3.8, 4) is 0 Å². The molecule has 0 spiro atoms. The summed E-state index contributed by atoms with van der Waals surface area (Å²) >= 11 is 1.01. The molecular weight excluding hydrogens is 594 g/mol. The molecular formula is C28H29N7O8S. The minimum Gasteiger partial charge on any atom is -0.543 e. The van der Waals surface area contributed by atoms with Crippen LogP contribution in [0.25, 0.3) is 0 Å². The van der Waals surface area contributed by atoms with Gasteiger partial charge in [0.1, 0.15) is 24.5 Å². The maximum Gasteiger partial charge on any atom is 0.350 e. The van der Waals surface area contributed by atoms with Crippen molar-refractivity contribution in [1.29, 1.82) is 0 Å². The van der Waals surface area contributed by atoms with Crippen molar-refractivity contribution < 1.29 is 43.6 Å². The highest BCUT2D eigenvalue weighted by Crippen LogP contribution is 2.38. The molecule has 3 aliphatic rings. The van der Waals surface area contributed by atoms with E-state index in [0.29, 0.717) is 24.2 Å². The number of carbonyl (C=O) groups excluding carboxylic acids is 4. The summed E-state index contributed by atoms with van der Waals surface area (Å²) in [4.78, 5) is 75.2. The molecule has 16 heteroatoms. The first-order chi connectivity index (χ1) is 20.8. The zero-order chi connectivity index (χ0) is 31.9. The first kappa shape index (κ1) is 30.3. The van der Waals surface area contributed by atoms with Crippen LogP contribution in [0.4, 0.5) is 10.8 Å². The van der Waals surface area contributed by atoms with E-state index in [2.05, 4.69) is 15.5 Å². The molecule has 5 heterocycles. The Morgan fingerprint density at radius 1 is 1.32 bits per heavy atom. The van der Waals surface area contributed by atoms with Crippen molar-refractivity contribution in [3.05, 3.63) is 58.5 Å². The van der Waals surface area contributed by atoms with Crippen LogP contribution in [0.3, 0.4) is 0 Å². The van der Waals surface area contributed by atoms with E-state index in [9.17, 15) is 34.2 Å². The number of anilines is 2. The summed E-state index contributed by atoms with van der Waals surface area (Å²) in [6, 6.07) is 1.81. The van der Waals surface area contributed by atoms with E-state index < -0.39 is 47.1 Å². The molecule has 2 aromatic rings. The van der Waals surface area contributed by atoms with Crippen LogP contribution in [-0.2, 0) is 35.9 Å². The molecule has 15 nitrogen and oxygen atoms in total. The van der Waals surface area contributed by atoms with E-state index in [4.69, 9.17) is 10.6 Å². The Balaban J connectivity index is 1.36. The lowest BCUT2D eigenvalue weighted by Gasteiger charge is -2.51. The third kappa shape index (κ3) is 5.62. The Kier molecular flexibility index (Phi) is 7.94. The average Bonchev–Trinajstić information content (AvgIpc) is 3.56. The number of aromatic nitrogens is 2. The van der Waals surface area contributed by atoms with Crippen LogP contribution in [0.2, 0.25) is 0 Å². The van der Waals surface area contributed by atoms with Gasteiger partial charge in [0, 0.05) is 23.6 Å². The molecule has 0 radical (unpaired) electrons. The van der Waals surface area contributed by atoms with Crippen molar-refractivity contribution in [2.45, 2.75) is 50.8 Å². The number of carboxylic acids is 2. The number of nitrogens with two attached hydrogens (primary N) is 1. The van der Waals surface area contributed by atoms with Crippen LogP contribution < -0.4 is 25.6 Å². The molecule has 44 heavy (non-hydrogen) atoms. The minimum absolute atomic E-state index is 0.00206. The van der Waals surface area contributed by atoms with Gasteiger partial charge in [-0.1, -0.05) is 5.16 Å². The largest absolute Gasteiger partial charge is 0.543 e. The number of aryl methyl sites for hydroxylation is 1. The highest BCUT2D eigenvalue weighted by molar-refractivity contribution is 7.13. The van der Waals surface area contributed by atoms with Gasteiger partial charge < -0.3 is 40.7 Å². The summed E-state index contributed by atoms with van der Waals surface area (Å²) in [6.07, 6.45) is 6.06. The summed E-state index contributed by atoms with van der Waals surface area (Å²) < 4.78 is 1.82. The number of thiazole rings is 1. The van der Waals surface area contributed by atoms with E-state index >= 15 is 0 Å². The number of amides is 3. The summed E-state index contributed by atoms with van der Waals surface area (Å²) in [7, 11) is 1.84. The predicted molar refractivity (Wildman–Crippen MR) is 152 cm³/mol. The Bertz CT molecular complexity index is 1680. The maximum atomic E-state index is 13.3. The fraction of sp³-hybridized carbons (Fsp3) is 0.357. The second-order valence-electron chi connectivity index (χ2n) is 10.9. The number of fused-ring (bicyclic) bond motifs is 1. The van der Waals surface area contributed by atoms with Gasteiger partial charge in [-0.3, -0.25) is 14.4 Å². The molecule has 230 valence electrons. The molecule has 5 rings (SSSR count). The van der Waals surface area contributed by atoms with E-state index in [1.165, 1.54) is 25.3 Å². The van der Waals surface area contributed by atoms with Crippen LogP contribution >= 0.6 is 11.3 Å². The standard InChI is InChI=1S/C28H29N7O8S/c1-28(2,26(41)42)43-32-19(17-13-44-27(29)30-17)22(36)31-20-18-7-6-14(21(25(39)40)35(18)24(20)38)11-15-8-10-34(23(15)37)16-5-4-9-33(3)12-16/h4-5,9,11-13,18,20H,6-8,10H2,1-3H3,(H4-,29,30,31,36,39,40,41,42)/t18-,20+/m1/s1. The van der Waals surface area contributed by atoms with Crippen LogP contribution in [0.15, 0.2) is 58.0 Å². The number of carbonyl (C=O) groups is 5. The molecule has 0 aromatic carbocycles. The van der Waals surface area contributed by atoms with Crippen molar-refractivity contribution >= 4 is 57.5 Å². The fourth-order valence-corrected chi connectivity index (χ4v) is 5.71. The van der Waals surface area contributed by atoms with Gasteiger partial charge in [-0.2, -0.15) is 0 Å². The molecule has 2 aromatic heterocycles. The quantitative estimate of drug-likeness (QED) is 0.102. The van der Waals surface area contributed by atoms with E-state index in [0.717, 1.165) is 16.2 Å². The molecule has 3 aliphatic heterocycles. The normalized spacial score (nSPS) is 21.3. The maximum absolute atomic E-state index is 13.3. The van der Waals surface area contributed by atoms with Gasteiger partial charge in [-0.25, -0.2) is 14.3 Å². The number of hydrogen-bond acceptors (Lipinski definition) is 11. The molecule has 4 N–H and O–H groups in total. The Morgan fingerprint density at radius 2 is 2.07 bits per heavy atom. The van der Waals surface area contributed by atoms with Gasteiger partial charge in [0.25, 0.3) is 17.7 Å². The minimum atomic E-state index is -1.78. The first-order valence-corrected chi connectivity index (χ1v) is 14.4. The van der Waals surface area contributed by atoms with Crippen LogP contribution in [0.5, 0.6) is 0 Å². The zero-order valence-corrected chi connectivity index (χ0v) is 24.8. The van der Waals surface area contributed by atoms with Gasteiger partial charge in [-0.15, -0.1) is 11.3 Å². The first-order valence-electron chi connectivity index (χ1n) is 13.6. The smallest absolute Gasteiger partial charge is 0.350 e. The van der Waals surface area contributed by atoms with Crippen molar-refractivity contribution in [3.63, 3.8) is 0 Å². The van der Waals surface area contributed by atoms with E-state index in [1.54, 1.807) is 4.90 Å². The van der Waals surface area contributed by atoms with Gasteiger partial charge >= 0.3 is 5.97 Å². The molecule has 3 amide bonds. The highest BCUT2D eigenvalue weighted by atomic mass is 32.1. The van der Waals surface area contributed by atoms with Gasteiger partial charge in [-0.05, 0) is 50.8 Å². The van der Waals surface area contributed by atoms with Crippen molar-refractivity contribution in [1.82, 2.24) is 15.2 Å². The van der Waals surface area contributed by atoms with Gasteiger partial charge in [0.2, 0.25) is 5.60 Å². The number of oxime groups is 1. The predicted octanol–water partition coefficient (Wildman–Crippen LogP) is -1.01. The summed E-state index contributed by atoms with van der Waals surface area (Å²) in [5.41, 5.74) is 4.55. The number of β-lactam (4-membered cyclic amide) rings is 1. The molecule has 0 bridgehead atoms. The SMILES string of the molecule is C[n+]1cccc(N2CCC(=CC3=C(C(=O)[O-])N4C(=O)[C@@H](NC(=O)C(=NOC(C)(C)C(=O)O)c5csc(N)n5)[C@H]4CC3)C2=O)c1. The Hall–Kier alpha value is -5.12. The monoisotopic (exact) mass is 623 g/mol. The number of nitrogen functional groups attached to an aromatic ring is 1. The molecule has 0 saturated carbocycles. The third-order valence-corrected chi connectivity index (χ3v) is 8.20. The highest BCUT2D eigenvalue weighted by Gasteiger charge is 2.52. The number of carboxylic acid groups (broad SMARTS) is 2. The molecule has 0 aliphatic carbocycles. The number of nitrogens with one attached hydrogen (secondary N) is 1. The second kappa shape index (κ2) is 11.5. The summed E-state index contributed by atoms with van der Waals surface area (Å²) in [5.74, 6) is -4.77. The molecule has 0 unspecified atom stereocenters. The number of allylic oxidation sites excluding steroid dienone is 2. The number of aliphatic carboxylic acids is 2. The average molecular weight is 624 g/mol. The topological polar surface area (TPSA) is 212 Å². The number of rotatable bonds is 9. The lowest BCUT2D eigenvalue weighted by Crippen LogP contribution is -2.72. The van der Waals surface area contributed by atoms with E-state index in [-0.39, 0.29) is 40.8 Å². The van der Waals surface area contributed by atoms with Crippen LogP contribution in [-0.4, -0.2) is 74.6 Å². The van der Waals surface area contributed by atoms with Crippen molar-refractivity contribution in [2.24, 2.45) is 12.2 Å². The second-order valence-corrected chi connectivity index (χ2v) is 11.8. The van der Waals surface area contributed by atoms with Crippen molar-refractivity contribution in [2.75, 3.05) is 17.2 Å². The lowest BCUT2D eigenvalue weighted by molar-refractivity contribution is -0.670. The number of hydrogen-bond donors (Lipinski definition) is 3. The lowest BCUT2D eigenvalue weighted by atomic mass is 9.82. The van der Waals surface area contributed by atoms with Gasteiger partial charge in [0.05, 0.1) is 17.7 Å². The number of pyridine rings is 1. The summed E-state index contributed by atoms with van der Waals surface area (Å²) in [5, 5.41) is 29.4. The van der Waals surface area contributed by atoms with Crippen LogP contribution in [0, 0.1) is 0 Å².